The van der Waals surface area contributed by atoms with Gasteiger partial charge in [0.1, 0.15) is 0 Å². The number of rotatable bonds is 6. The molecule has 0 aliphatic rings. The first-order valence-electron chi connectivity index (χ1n) is 7.09. The van der Waals surface area contributed by atoms with Gasteiger partial charge in [0.25, 0.3) is 0 Å². The van der Waals surface area contributed by atoms with Crippen molar-refractivity contribution < 1.29 is 4.74 Å². The van der Waals surface area contributed by atoms with Gasteiger partial charge in [-0.2, -0.15) is 0 Å². The lowest BCUT2D eigenvalue weighted by Gasteiger charge is -2.19. The van der Waals surface area contributed by atoms with Crippen LogP contribution in [0.2, 0.25) is 0 Å². The Labute approximate surface area is 113 Å². The van der Waals surface area contributed by atoms with Gasteiger partial charge in [0, 0.05) is 13.7 Å². The first-order valence-corrected chi connectivity index (χ1v) is 7.09. The van der Waals surface area contributed by atoms with Crippen LogP contribution in [-0.2, 0) is 11.2 Å². The smallest absolute Gasteiger partial charge is 0.0465 e. The Morgan fingerprint density at radius 3 is 2.11 bits per heavy atom. The average molecular weight is 248 g/mol. The Balaban J connectivity index is 3.04. The predicted octanol–water partition coefficient (Wildman–Crippen LogP) is 4.82. The van der Waals surface area contributed by atoms with E-state index >= 15 is 0 Å². The largest absolute Gasteiger partial charge is 0.385 e. The molecule has 1 aromatic carbocycles. The van der Waals surface area contributed by atoms with Crippen molar-refractivity contribution in [1.29, 1.82) is 0 Å². The molecule has 0 heterocycles. The average Bonchev–Trinajstić information content (AvgIpc) is 2.28. The van der Waals surface area contributed by atoms with Gasteiger partial charge in [-0.3, -0.25) is 0 Å². The third-order valence-electron chi connectivity index (χ3n) is 3.57. The van der Waals surface area contributed by atoms with Crippen LogP contribution >= 0.6 is 0 Å². The molecule has 0 aliphatic carbocycles. The lowest BCUT2D eigenvalue weighted by Crippen LogP contribution is -2.03. The molecule has 0 aromatic heterocycles. The minimum absolute atomic E-state index is 0.598. The second-order valence-corrected chi connectivity index (χ2v) is 5.81. The standard InChI is InChI=1S/C17H28O/c1-12(2)16-11-17(13(3)4)15(10-14(16)5)8-7-9-18-6/h10-13H,7-9H2,1-6H3. The van der Waals surface area contributed by atoms with E-state index in [1.165, 1.54) is 22.3 Å². The fraction of sp³-hybridized carbons (Fsp3) is 0.647. The van der Waals surface area contributed by atoms with Gasteiger partial charge in [-0.25, -0.2) is 0 Å². The van der Waals surface area contributed by atoms with Crippen LogP contribution in [0.25, 0.3) is 0 Å². The van der Waals surface area contributed by atoms with Crippen LogP contribution in [0.3, 0.4) is 0 Å². The molecular weight excluding hydrogens is 220 g/mol. The van der Waals surface area contributed by atoms with Crippen molar-refractivity contribution >= 4 is 0 Å². The molecule has 102 valence electrons. The molecular formula is C17H28O. The molecule has 0 unspecified atom stereocenters. The Kier molecular flexibility index (Phi) is 5.87. The number of aryl methyl sites for hydroxylation is 2. The maximum absolute atomic E-state index is 5.16. The van der Waals surface area contributed by atoms with E-state index in [9.17, 15) is 0 Å². The summed E-state index contributed by atoms with van der Waals surface area (Å²) in [5, 5.41) is 0. The minimum atomic E-state index is 0.598. The Hall–Kier alpha value is -0.820. The van der Waals surface area contributed by atoms with E-state index in [1.807, 2.05) is 0 Å². The van der Waals surface area contributed by atoms with Gasteiger partial charge in [-0.15, -0.1) is 0 Å². The molecule has 0 bridgehead atoms. The molecule has 1 nitrogen and oxygen atoms in total. The van der Waals surface area contributed by atoms with Gasteiger partial charge in [-0.1, -0.05) is 39.8 Å². The quantitative estimate of drug-likeness (QED) is 0.656. The lowest BCUT2D eigenvalue weighted by atomic mass is 9.87. The zero-order valence-electron chi connectivity index (χ0n) is 12.8. The van der Waals surface area contributed by atoms with E-state index in [2.05, 4.69) is 46.8 Å². The molecule has 0 atom stereocenters. The monoisotopic (exact) mass is 248 g/mol. The van der Waals surface area contributed by atoms with Gasteiger partial charge in [0.15, 0.2) is 0 Å². The summed E-state index contributed by atoms with van der Waals surface area (Å²) in [5.41, 5.74) is 5.94. The molecule has 0 aliphatic heterocycles. The third kappa shape index (κ3) is 3.84. The summed E-state index contributed by atoms with van der Waals surface area (Å²) in [4.78, 5) is 0. The van der Waals surface area contributed by atoms with Crippen LogP contribution in [0.5, 0.6) is 0 Å². The Bertz CT molecular complexity index is 377. The number of ether oxygens (including phenoxy) is 1. The van der Waals surface area contributed by atoms with Crippen molar-refractivity contribution in [1.82, 2.24) is 0 Å². The highest BCUT2D eigenvalue weighted by Gasteiger charge is 2.12. The number of hydrogen-bond acceptors (Lipinski definition) is 1. The van der Waals surface area contributed by atoms with Crippen LogP contribution < -0.4 is 0 Å². The topological polar surface area (TPSA) is 9.23 Å². The fourth-order valence-electron chi connectivity index (χ4n) is 2.59. The van der Waals surface area contributed by atoms with Crippen LogP contribution in [0, 0.1) is 6.92 Å². The highest BCUT2D eigenvalue weighted by Crippen LogP contribution is 2.28. The van der Waals surface area contributed by atoms with Crippen LogP contribution in [-0.4, -0.2) is 13.7 Å². The van der Waals surface area contributed by atoms with Crippen LogP contribution in [0.1, 0.15) is 68.2 Å². The SMILES string of the molecule is COCCCc1cc(C)c(C(C)C)cc1C(C)C. The highest BCUT2D eigenvalue weighted by molar-refractivity contribution is 5.41. The zero-order chi connectivity index (χ0) is 13.7. The van der Waals surface area contributed by atoms with E-state index in [0.29, 0.717) is 11.8 Å². The highest BCUT2D eigenvalue weighted by atomic mass is 16.5. The number of benzene rings is 1. The molecule has 0 fully saturated rings. The second-order valence-electron chi connectivity index (χ2n) is 5.81. The maximum Gasteiger partial charge on any atom is 0.0465 e. The normalized spacial score (nSPS) is 11.6. The Morgan fingerprint density at radius 2 is 1.61 bits per heavy atom. The van der Waals surface area contributed by atoms with Gasteiger partial charge in [0.05, 0.1) is 0 Å². The lowest BCUT2D eigenvalue weighted by molar-refractivity contribution is 0.195. The summed E-state index contributed by atoms with van der Waals surface area (Å²) in [6.07, 6.45) is 2.23. The van der Waals surface area contributed by atoms with Gasteiger partial charge in [-0.05, 0) is 53.9 Å². The predicted molar refractivity (Wildman–Crippen MR) is 79.6 cm³/mol. The van der Waals surface area contributed by atoms with Crippen molar-refractivity contribution in [2.24, 2.45) is 0 Å². The molecule has 0 saturated carbocycles. The summed E-state index contributed by atoms with van der Waals surface area (Å²) in [7, 11) is 1.77. The van der Waals surface area contributed by atoms with E-state index in [-0.39, 0.29) is 0 Å². The van der Waals surface area contributed by atoms with Gasteiger partial charge < -0.3 is 4.74 Å². The van der Waals surface area contributed by atoms with Crippen LogP contribution in [0.15, 0.2) is 12.1 Å². The maximum atomic E-state index is 5.16. The van der Waals surface area contributed by atoms with Crippen molar-refractivity contribution in [3.63, 3.8) is 0 Å². The molecule has 0 amide bonds. The molecule has 0 N–H and O–H groups in total. The molecule has 0 radical (unpaired) electrons. The Morgan fingerprint density at radius 1 is 1.00 bits per heavy atom. The molecule has 18 heavy (non-hydrogen) atoms. The summed E-state index contributed by atoms with van der Waals surface area (Å²) < 4.78 is 5.16. The summed E-state index contributed by atoms with van der Waals surface area (Å²) in [6, 6.07) is 4.81. The molecule has 1 rings (SSSR count). The van der Waals surface area contributed by atoms with E-state index < -0.39 is 0 Å². The number of methoxy groups -OCH3 is 1. The minimum Gasteiger partial charge on any atom is -0.385 e. The fourth-order valence-corrected chi connectivity index (χ4v) is 2.59. The molecule has 0 spiro atoms. The molecule has 1 heteroatoms. The summed E-state index contributed by atoms with van der Waals surface area (Å²) >= 11 is 0. The number of hydrogen-bond donors (Lipinski definition) is 0. The van der Waals surface area contributed by atoms with E-state index in [1.54, 1.807) is 7.11 Å². The van der Waals surface area contributed by atoms with Gasteiger partial charge >= 0.3 is 0 Å². The summed E-state index contributed by atoms with van der Waals surface area (Å²) in [5.74, 6) is 1.20. The first-order chi connectivity index (χ1) is 8.47. The van der Waals surface area contributed by atoms with Crippen molar-refractivity contribution in [2.75, 3.05) is 13.7 Å². The third-order valence-corrected chi connectivity index (χ3v) is 3.57. The zero-order valence-corrected chi connectivity index (χ0v) is 12.8. The van der Waals surface area contributed by atoms with E-state index in [0.717, 1.165) is 19.4 Å². The van der Waals surface area contributed by atoms with E-state index in [4.69, 9.17) is 4.74 Å². The first kappa shape index (κ1) is 15.2. The van der Waals surface area contributed by atoms with Crippen molar-refractivity contribution in [2.45, 2.75) is 59.3 Å². The van der Waals surface area contributed by atoms with Crippen molar-refractivity contribution in [3.8, 4) is 0 Å². The molecule has 1 aromatic rings. The molecule has 0 saturated heterocycles. The summed E-state index contributed by atoms with van der Waals surface area (Å²) in [6.45, 7) is 12.2. The van der Waals surface area contributed by atoms with Gasteiger partial charge in [0.2, 0.25) is 0 Å². The second kappa shape index (κ2) is 6.94. The van der Waals surface area contributed by atoms with Crippen molar-refractivity contribution in [3.05, 3.63) is 34.4 Å². The van der Waals surface area contributed by atoms with Crippen LogP contribution in [0.4, 0.5) is 0 Å².